The van der Waals surface area contributed by atoms with Crippen LogP contribution >= 0.6 is 0 Å². The van der Waals surface area contributed by atoms with Gasteiger partial charge in [-0.2, -0.15) is 5.26 Å². The molecule has 90 valence electrons. The smallest absolute Gasteiger partial charge is 0.252 e. The van der Waals surface area contributed by atoms with E-state index in [-0.39, 0.29) is 5.91 Å². The highest BCUT2D eigenvalue weighted by Crippen LogP contribution is 2.13. The van der Waals surface area contributed by atoms with Crippen molar-refractivity contribution in [2.75, 3.05) is 0 Å². The molecule has 1 unspecified atom stereocenters. The van der Waals surface area contributed by atoms with Crippen molar-refractivity contribution in [3.05, 3.63) is 34.9 Å². The lowest BCUT2D eigenvalue weighted by Crippen LogP contribution is -2.34. The Morgan fingerprint density at radius 3 is 2.47 bits per heavy atom. The highest BCUT2D eigenvalue weighted by Gasteiger charge is 2.15. The summed E-state index contributed by atoms with van der Waals surface area (Å²) >= 11 is 0. The minimum Gasteiger partial charge on any atom is -0.336 e. The maximum absolute atomic E-state index is 12.1. The Morgan fingerprint density at radius 2 is 2.00 bits per heavy atom. The first-order valence-electron chi connectivity index (χ1n) is 5.86. The van der Waals surface area contributed by atoms with Crippen molar-refractivity contribution in [1.29, 1.82) is 5.26 Å². The van der Waals surface area contributed by atoms with E-state index in [1.807, 2.05) is 39.0 Å². The molecule has 0 aliphatic rings. The number of carbonyl (C=O) groups is 1. The molecule has 0 spiro atoms. The van der Waals surface area contributed by atoms with Crippen LogP contribution in [0.25, 0.3) is 0 Å². The van der Waals surface area contributed by atoms with Gasteiger partial charge in [-0.05, 0) is 31.4 Å². The van der Waals surface area contributed by atoms with Crippen LogP contribution in [0.5, 0.6) is 0 Å². The van der Waals surface area contributed by atoms with Crippen LogP contribution in [0.15, 0.2) is 18.2 Å². The lowest BCUT2D eigenvalue weighted by atomic mass is 10.0. The fourth-order valence-corrected chi connectivity index (χ4v) is 1.86. The minimum absolute atomic E-state index is 0.152. The normalized spacial score (nSPS) is 11.6. The van der Waals surface area contributed by atoms with Gasteiger partial charge in [-0.1, -0.05) is 31.5 Å². The van der Waals surface area contributed by atoms with Gasteiger partial charge >= 0.3 is 0 Å². The predicted octanol–water partition coefficient (Wildman–Crippen LogP) is 2.73. The van der Waals surface area contributed by atoms with Crippen LogP contribution in [0.2, 0.25) is 0 Å². The highest BCUT2D eigenvalue weighted by molar-refractivity contribution is 5.97. The number of carbonyl (C=O) groups excluding carboxylic acids is 1. The maximum atomic E-state index is 12.1. The first-order valence-corrected chi connectivity index (χ1v) is 5.86. The van der Waals surface area contributed by atoms with Crippen LogP contribution in [-0.4, -0.2) is 11.9 Å². The lowest BCUT2D eigenvalue weighted by molar-refractivity contribution is 0.0942. The quantitative estimate of drug-likeness (QED) is 0.864. The SMILES string of the molecule is CCCC(C#N)NC(=O)c1c(C)cccc1C. The van der Waals surface area contributed by atoms with Crippen LogP contribution in [0.3, 0.4) is 0 Å². The van der Waals surface area contributed by atoms with Gasteiger partial charge < -0.3 is 5.32 Å². The summed E-state index contributed by atoms with van der Waals surface area (Å²) in [5.74, 6) is -0.152. The monoisotopic (exact) mass is 230 g/mol. The number of hydrogen-bond donors (Lipinski definition) is 1. The average molecular weight is 230 g/mol. The summed E-state index contributed by atoms with van der Waals surface area (Å²) in [7, 11) is 0. The van der Waals surface area contributed by atoms with Gasteiger partial charge in [0.05, 0.1) is 6.07 Å². The standard InChI is InChI=1S/C14H18N2O/c1-4-6-12(9-15)16-14(17)13-10(2)7-5-8-11(13)3/h5,7-8,12H,4,6H2,1-3H3,(H,16,17). The third kappa shape index (κ3) is 3.32. The highest BCUT2D eigenvalue weighted by atomic mass is 16.1. The summed E-state index contributed by atoms with van der Waals surface area (Å²) < 4.78 is 0. The van der Waals surface area contributed by atoms with Crippen LogP contribution in [0.4, 0.5) is 0 Å². The molecule has 17 heavy (non-hydrogen) atoms. The van der Waals surface area contributed by atoms with Crippen LogP contribution in [0.1, 0.15) is 41.3 Å². The van der Waals surface area contributed by atoms with E-state index in [9.17, 15) is 4.79 Å². The van der Waals surface area contributed by atoms with Crippen molar-refractivity contribution < 1.29 is 4.79 Å². The second-order valence-corrected chi connectivity index (χ2v) is 4.21. The fourth-order valence-electron chi connectivity index (χ4n) is 1.86. The van der Waals surface area contributed by atoms with Gasteiger partial charge in [-0.3, -0.25) is 4.79 Å². The zero-order valence-electron chi connectivity index (χ0n) is 10.6. The van der Waals surface area contributed by atoms with Gasteiger partial charge in [0.25, 0.3) is 5.91 Å². The fraction of sp³-hybridized carbons (Fsp3) is 0.429. The number of amides is 1. The number of hydrogen-bond acceptors (Lipinski definition) is 2. The Bertz CT molecular complexity index is 426. The number of aryl methyl sites for hydroxylation is 2. The molecule has 3 heteroatoms. The van der Waals surface area contributed by atoms with E-state index in [0.717, 1.165) is 17.5 Å². The molecule has 1 aromatic carbocycles. The summed E-state index contributed by atoms with van der Waals surface area (Å²) in [5.41, 5.74) is 2.57. The number of rotatable bonds is 4. The molecule has 0 aliphatic heterocycles. The molecule has 1 rings (SSSR count). The van der Waals surface area contributed by atoms with Gasteiger partial charge in [0, 0.05) is 5.56 Å². The Morgan fingerprint density at radius 1 is 1.41 bits per heavy atom. The second-order valence-electron chi connectivity index (χ2n) is 4.21. The molecule has 0 heterocycles. The largest absolute Gasteiger partial charge is 0.336 e. The average Bonchev–Trinajstić information content (AvgIpc) is 2.28. The molecule has 1 aromatic rings. The van der Waals surface area contributed by atoms with Crippen LogP contribution in [-0.2, 0) is 0 Å². The van der Waals surface area contributed by atoms with E-state index in [1.165, 1.54) is 0 Å². The van der Waals surface area contributed by atoms with Crippen molar-refractivity contribution in [3.63, 3.8) is 0 Å². The molecule has 0 bridgehead atoms. The van der Waals surface area contributed by atoms with E-state index in [4.69, 9.17) is 5.26 Å². The number of nitrogens with one attached hydrogen (secondary N) is 1. The summed E-state index contributed by atoms with van der Waals surface area (Å²) in [5, 5.41) is 11.7. The van der Waals surface area contributed by atoms with Crippen molar-refractivity contribution >= 4 is 5.91 Å². The number of nitrogens with zero attached hydrogens (tertiary/aromatic N) is 1. The molecule has 1 atom stereocenters. The van der Waals surface area contributed by atoms with Gasteiger partial charge in [-0.15, -0.1) is 0 Å². The number of nitriles is 1. The van der Waals surface area contributed by atoms with Crippen molar-refractivity contribution in [2.24, 2.45) is 0 Å². The third-order valence-corrected chi connectivity index (χ3v) is 2.75. The minimum atomic E-state index is -0.397. The second kappa shape index (κ2) is 6.05. The van der Waals surface area contributed by atoms with Gasteiger partial charge in [0.15, 0.2) is 0 Å². The first kappa shape index (κ1) is 13.2. The van der Waals surface area contributed by atoms with Crippen molar-refractivity contribution in [2.45, 2.75) is 39.7 Å². The molecular formula is C14H18N2O. The molecule has 0 aliphatic carbocycles. The molecule has 0 saturated heterocycles. The van der Waals surface area contributed by atoms with Gasteiger partial charge in [0.1, 0.15) is 6.04 Å². The molecule has 0 saturated carbocycles. The third-order valence-electron chi connectivity index (χ3n) is 2.75. The van der Waals surface area contributed by atoms with E-state index in [2.05, 4.69) is 11.4 Å². The molecule has 1 amide bonds. The lowest BCUT2D eigenvalue weighted by Gasteiger charge is -2.13. The van der Waals surface area contributed by atoms with E-state index >= 15 is 0 Å². The first-order chi connectivity index (χ1) is 8.10. The molecule has 0 aromatic heterocycles. The Kier molecular flexibility index (Phi) is 4.71. The Labute approximate surface area is 102 Å². The predicted molar refractivity (Wildman–Crippen MR) is 67.7 cm³/mol. The molecule has 0 fully saturated rings. The molecular weight excluding hydrogens is 212 g/mol. The summed E-state index contributed by atoms with van der Waals surface area (Å²) in [6.07, 6.45) is 1.57. The van der Waals surface area contributed by atoms with Crippen LogP contribution in [0, 0.1) is 25.2 Å². The van der Waals surface area contributed by atoms with Crippen LogP contribution < -0.4 is 5.32 Å². The topological polar surface area (TPSA) is 52.9 Å². The van der Waals surface area contributed by atoms with Crippen molar-refractivity contribution in [1.82, 2.24) is 5.32 Å². The molecule has 1 N–H and O–H groups in total. The van der Waals surface area contributed by atoms with E-state index < -0.39 is 6.04 Å². The van der Waals surface area contributed by atoms with Crippen molar-refractivity contribution in [3.8, 4) is 6.07 Å². The summed E-state index contributed by atoms with van der Waals surface area (Å²) in [6.45, 7) is 5.81. The van der Waals surface area contributed by atoms with Gasteiger partial charge in [0.2, 0.25) is 0 Å². The van der Waals surface area contributed by atoms with E-state index in [0.29, 0.717) is 12.0 Å². The zero-order valence-corrected chi connectivity index (χ0v) is 10.6. The maximum Gasteiger partial charge on any atom is 0.252 e. The summed E-state index contributed by atoms with van der Waals surface area (Å²) in [4.78, 5) is 12.1. The zero-order chi connectivity index (χ0) is 12.8. The van der Waals surface area contributed by atoms with E-state index in [1.54, 1.807) is 0 Å². The Balaban J connectivity index is 2.87. The number of benzene rings is 1. The Hall–Kier alpha value is -1.82. The molecule has 3 nitrogen and oxygen atoms in total. The molecule has 0 radical (unpaired) electrons. The summed E-state index contributed by atoms with van der Waals surface area (Å²) in [6, 6.07) is 7.45. The van der Waals surface area contributed by atoms with Gasteiger partial charge in [-0.25, -0.2) is 0 Å².